The highest BCUT2D eigenvalue weighted by atomic mass is 35.5. The lowest BCUT2D eigenvalue weighted by Gasteiger charge is -2.42. The maximum absolute atomic E-state index is 11.3. The Balaban J connectivity index is 0.00000576. The Morgan fingerprint density at radius 2 is 1.32 bits per heavy atom. The molecule has 0 bridgehead atoms. The zero-order valence-corrected chi connectivity index (χ0v) is 15.1. The number of carbonyl (C=O) groups excluding carboxylic acids is 4. The molecule has 144 valence electrons. The number of hydrogen-bond acceptors (Lipinski definition) is 10. The Hall–Kier alpha value is -1.91. The van der Waals surface area contributed by atoms with Crippen molar-refractivity contribution in [2.24, 2.45) is 5.73 Å². The lowest BCUT2D eigenvalue weighted by molar-refractivity contribution is -0.267. The van der Waals surface area contributed by atoms with Gasteiger partial charge in [0.1, 0.15) is 18.8 Å². The van der Waals surface area contributed by atoms with E-state index in [9.17, 15) is 19.2 Å². The molecule has 25 heavy (non-hydrogen) atoms. The number of esters is 4. The van der Waals surface area contributed by atoms with Crippen LogP contribution in [-0.4, -0.2) is 61.1 Å². The summed E-state index contributed by atoms with van der Waals surface area (Å²) in [5.74, 6) is -2.62. The van der Waals surface area contributed by atoms with Gasteiger partial charge in [0, 0.05) is 27.7 Å². The van der Waals surface area contributed by atoms with Crippen LogP contribution >= 0.6 is 12.4 Å². The van der Waals surface area contributed by atoms with Gasteiger partial charge in [-0.2, -0.15) is 0 Å². The van der Waals surface area contributed by atoms with Crippen LogP contribution in [0.15, 0.2) is 0 Å². The molecular formula is C14H22ClNO9. The number of hydrogen-bond donors (Lipinski definition) is 1. The normalized spacial score (nSPS) is 28.1. The molecule has 0 aromatic carbocycles. The molecular weight excluding hydrogens is 362 g/mol. The molecule has 0 radical (unpaired) electrons. The van der Waals surface area contributed by atoms with Crippen LogP contribution in [0.2, 0.25) is 0 Å². The third-order valence-electron chi connectivity index (χ3n) is 3.03. The van der Waals surface area contributed by atoms with Crippen molar-refractivity contribution >= 4 is 36.3 Å². The summed E-state index contributed by atoms with van der Waals surface area (Å²) >= 11 is 0. The average Bonchev–Trinajstić information content (AvgIpc) is 2.42. The Bertz CT molecular complexity index is 497. The van der Waals surface area contributed by atoms with E-state index in [2.05, 4.69) is 0 Å². The van der Waals surface area contributed by atoms with Gasteiger partial charge >= 0.3 is 23.9 Å². The summed E-state index contributed by atoms with van der Waals surface area (Å²) in [5, 5.41) is 0. The predicted molar refractivity (Wildman–Crippen MR) is 83.4 cm³/mol. The van der Waals surface area contributed by atoms with E-state index in [1.807, 2.05) is 0 Å². The topological polar surface area (TPSA) is 140 Å². The van der Waals surface area contributed by atoms with Crippen LogP contribution in [0.5, 0.6) is 0 Å². The number of halogens is 1. The van der Waals surface area contributed by atoms with Gasteiger partial charge in [0.2, 0.25) is 6.29 Å². The van der Waals surface area contributed by atoms with Gasteiger partial charge in [-0.25, -0.2) is 0 Å². The smallest absolute Gasteiger partial charge is 0.304 e. The maximum Gasteiger partial charge on any atom is 0.304 e. The van der Waals surface area contributed by atoms with Crippen LogP contribution in [0, 0.1) is 0 Å². The standard InChI is InChI=1S/C14H21NO9.ClH/c1-6(16)20-5-10-12(21-7(2)17)13(22-8(3)18)11(15)14(24-10)23-9(4)19;/h10-14H,5,15H2,1-4H3;1H/t10?,11-,12-,13+,14+;/m0./s1. The van der Waals surface area contributed by atoms with Gasteiger partial charge < -0.3 is 29.4 Å². The highest BCUT2D eigenvalue weighted by Crippen LogP contribution is 2.26. The van der Waals surface area contributed by atoms with Crippen LogP contribution in [-0.2, 0) is 42.9 Å². The molecule has 0 aromatic rings. The molecule has 2 N–H and O–H groups in total. The largest absolute Gasteiger partial charge is 0.463 e. The van der Waals surface area contributed by atoms with Gasteiger partial charge in [-0.15, -0.1) is 12.4 Å². The fourth-order valence-electron chi connectivity index (χ4n) is 2.20. The second kappa shape index (κ2) is 10.2. The predicted octanol–water partition coefficient (Wildman–Crippen LogP) is -0.550. The second-order valence-corrected chi connectivity index (χ2v) is 5.18. The number of ether oxygens (including phenoxy) is 5. The Kier molecular flexibility index (Phi) is 9.39. The molecule has 1 unspecified atom stereocenters. The summed E-state index contributed by atoms with van der Waals surface area (Å²) in [6, 6.07) is -1.10. The summed E-state index contributed by atoms with van der Waals surface area (Å²) in [6.45, 7) is 4.32. The van der Waals surface area contributed by atoms with Crippen LogP contribution < -0.4 is 5.73 Å². The monoisotopic (exact) mass is 383 g/mol. The van der Waals surface area contributed by atoms with Gasteiger partial charge in [-0.05, 0) is 0 Å². The van der Waals surface area contributed by atoms with Crippen molar-refractivity contribution < 1.29 is 42.9 Å². The van der Waals surface area contributed by atoms with E-state index >= 15 is 0 Å². The van der Waals surface area contributed by atoms with Crippen molar-refractivity contribution in [1.82, 2.24) is 0 Å². The molecule has 1 heterocycles. The average molecular weight is 384 g/mol. The van der Waals surface area contributed by atoms with E-state index in [0.29, 0.717) is 0 Å². The van der Waals surface area contributed by atoms with Crippen LogP contribution in [0.3, 0.4) is 0 Å². The first kappa shape index (κ1) is 23.1. The number of nitrogens with two attached hydrogens (primary N) is 1. The highest BCUT2D eigenvalue weighted by molar-refractivity contribution is 5.85. The van der Waals surface area contributed by atoms with Gasteiger partial charge in [-0.3, -0.25) is 19.2 Å². The zero-order valence-electron chi connectivity index (χ0n) is 14.3. The third kappa shape index (κ3) is 7.24. The molecule has 0 aromatic heterocycles. The van der Waals surface area contributed by atoms with Crippen molar-refractivity contribution in [3.8, 4) is 0 Å². The lowest BCUT2D eigenvalue weighted by Crippen LogP contribution is -2.65. The molecule has 1 rings (SSSR count). The highest BCUT2D eigenvalue weighted by Gasteiger charge is 2.50. The summed E-state index contributed by atoms with van der Waals surface area (Å²) in [6.07, 6.45) is -4.58. The minimum Gasteiger partial charge on any atom is -0.463 e. The van der Waals surface area contributed by atoms with E-state index in [-0.39, 0.29) is 19.0 Å². The fourth-order valence-corrected chi connectivity index (χ4v) is 2.20. The molecule has 1 saturated heterocycles. The van der Waals surface area contributed by atoms with Crippen LogP contribution in [0.25, 0.3) is 0 Å². The number of carbonyl (C=O) groups is 4. The van der Waals surface area contributed by atoms with Crippen molar-refractivity contribution in [2.75, 3.05) is 6.61 Å². The molecule has 1 aliphatic heterocycles. The molecule has 1 fully saturated rings. The molecule has 0 amide bonds. The molecule has 5 atom stereocenters. The Morgan fingerprint density at radius 1 is 0.840 bits per heavy atom. The van der Waals surface area contributed by atoms with Crippen molar-refractivity contribution in [3.05, 3.63) is 0 Å². The Morgan fingerprint density at radius 3 is 1.76 bits per heavy atom. The molecule has 0 aliphatic carbocycles. The van der Waals surface area contributed by atoms with E-state index in [1.54, 1.807) is 0 Å². The van der Waals surface area contributed by atoms with E-state index in [4.69, 9.17) is 29.4 Å². The number of rotatable bonds is 5. The quantitative estimate of drug-likeness (QED) is 0.485. The Labute approximate surface area is 150 Å². The van der Waals surface area contributed by atoms with E-state index in [0.717, 1.165) is 20.8 Å². The zero-order chi connectivity index (χ0) is 18.4. The lowest BCUT2D eigenvalue weighted by atomic mass is 9.97. The van der Waals surface area contributed by atoms with Crippen molar-refractivity contribution in [2.45, 2.75) is 58.3 Å². The molecule has 11 heteroatoms. The fraction of sp³-hybridized carbons (Fsp3) is 0.714. The summed E-state index contributed by atoms with van der Waals surface area (Å²) in [7, 11) is 0. The maximum atomic E-state index is 11.3. The van der Waals surface area contributed by atoms with Gasteiger partial charge in [0.25, 0.3) is 0 Å². The first-order valence-electron chi connectivity index (χ1n) is 7.18. The second-order valence-electron chi connectivity index (χ2n) is 5.18. The summed E-state index contributed by atoms with van der Waals surface area (Å²) in [5.41, 5.74) is 5.93. The minimum atomic E-state index is -1.26. The summed E-state index contributed by atoms with van der Waals surface area (Å²) < 4.78 is 25.5. The molecule has 0 saturated carbocycles. The van der Waals surface area contributed by atoms with E-state index in [1.165, 1.54) is 6.92 Å². The minimum absolute atomic E-state index is 0. The van der Waals surface area contributed by atoms with Crippen LogP contribution in [0.1, 0.15) is 27.7 Å². The van der Waals surface area contributed by atoms with Crippen molar-refractivity contribution in [1.29, 1.82) is 0 Å². The first-order chi connectivity index (χ1) is 11.1. The SMILES string of the molecule is CC(=O)OCC1O[C@@H](OC(C)=O)[C@@H](N)[C@@H](OC(C)=O)[C@H]1OC(C)=O.Cl. The molecule has 0 spiro atoms. The summed E-state index contributed by atoms with van der Waals surface area (Å²) in [4.78, 5) is 44.9. The van der Waals surface area contributed by atoms with Gasteiger partial charge in [-0.1, -0.05) is 0 Å². The van der Waals surface area contributed by atoms with Gasteiger partial charge in [0.15, 0.2) is 12.2 Å². The molecule has 10 nitrogen and oxygen atoms in total. The first-order valence-corrected chi connectivity index (χ1v) is 7.18. The molecule has 1 aliphatic rings. The van der Waals surface area contributed by atoms with Gasteiger partial charge in [0.05, 0.1) is 0 Å². The van der Waals surface area contributed by atoms with Crippen LogP contribution in [0.4, 0.5) is 0 Å². The van der Waals surface area contributed by atoms with Crippen molar-refractivity contribution in [3.63, 3.8) is 0 Å². The van der Waals surface area contributed by atoms with E-state index < -0.39 is 54.5 Å². The third-order valence-corrected chi connectivity index (χ3v) is 3.03.